The van der Waals surface area contributed by atoms with Gasteiger partial charge in [0.05, 0.1) is 26.4 Å². The summed E-state index contributed by atoms with van der Waals surface area (Å²) in [7, 11) is 0. The maximum absolute atomic E-state index is 7.55. The molecule has 0 atom stereocenters. The molecule has 0 N–H and O–H groups in total. The number of fused-ring (bicyclic) bond motifs is 10. The quantitative estimate of drug-likeness (QED) is 0.151. The molecule has 7 aromatic rings. The lowest BCUT2D eigenvalue weighted by Gasteiger charge is -2.29. The van der Waals surface area contributed by atoms with Crippen LogP contribution in [-0.4, -0.2) is 26.4 Å². The molecule has 2 aliphatic heterocycles. The third-order valence-corrected chi connectivity index (χ3v) is 17.9. The summed E-state index contributed by atoms with van der Waals surface area (Å²) in [4.78, 5) is 0. The van der Waals surface area contributed by atoms with Gasteiger partial charge in [-0.3, -0.25) is 0 Å². The number of ether oxygens (including phenoxy) is 6. The van der Waals surface area contributed by atoms with E-state index in [1.54, 1.807) is 0 Å². The first-order chi connectivity index (χ1) is 41.2. The van der Waals surface area contributed by atoms with Crippen molar-refractivity contribution in [1.82, 2.24) is 0 Å². The van der Waals surface area contributed by atoms with Gasteiger partial charge in [-0.2, -0.15) is 0 Å². The molecule has 0 spiro atoms. The van der Waals surface area contributed by atoms with Crippen molar-refractivity contribution < 1.29 is 28.4 Å². The molecule has 6 heteroatoms. The maximum atomic E-state index is 7.55. The summed E-state index contributed by atoms with van der Waals surface area (Å²) in [6.45, 7) is 53.2. The summed E-state index contributed by atoms with van der Waals surface area (Å²) in [6.07, 6.45) is 3.58. The molecule has 0 saturated carbocycles. The maximum Gasteiger partial charge on any atom is 0.126 e. The summed E-state index contributed by atoms with van der Waals surface area (Å²) < 4.78 is 43.4. The van der Waals surface area contributed by atoms with Gasteiger partial charge in [0.2, 0.25) is 0 Å². The van der Waals surface area contributed by atoms with E-state index in [4.69, 9.17) is 28.4 Å². The number of benzene rings is 7. The second-order valence-corrected chi connectivity index (χ2v) is 31.4. The molecule has 0 amide bonds. The van der Waals surface area contributed by atoms with E-state index in [2.05, 4.69) is 249 Å². The van der Waals surface area contributed by atoms with E-state index in [1.165, 1.54) is 33.4 Å². The number of hydrogen-bond donors (Lipinski definition) is 0. The Kier molecular flexibility index (Phi) is 18.9. The lowest BCUT2D eigenvalue weighted by atomic mass is 9.79. The van der Waals surface area contributed by atoms with Crippen molar-refractivity contribution in [2.45, 2.75) is 237 Å². The molecule has 6 nitrogen and oxygen atoms in total. The van der Waals surface area contributed by atoms with E-state index in [0.29, 0.717) is 78.2 Å². The first kappa shape index (κ1) is 65.8. The van der Waals surface area contributed by atoms with Crippen molar-refractivity contribution in [3.63, 3.8) is 0 Å². The average Bonchev–Trinajstić information content (AvgIpc) is 0.939. The zero-order valence-corrected chi connectivity index (χ0v) is 58.2. The molecule has 0 aromatic heterocycles. The zero-order chi connectivity index (χ0) is 64.1. The normalized spacial score (nSPS) is 14.2. The van der Waals surface area contributed by atoms with E-state index in [9.17, 15) is 0 Å². The Hall–Kier alpha value is -6.66. The minimum Gasteiger partial charge on any atom is -0.493 e. The highest BCUT2D eigenvalue weighted by Gasteiger charge is 2.32. The van der Waals surface area contributed by atoms with Gasteiger partial charge >= 0.3 is 0 Å². The number of rotatable bonds is 8. The molecular weight excluding hydrogens is 1080 g/mol. The molecule has 0 saturated heterocycles. The van der Waals surface area contributed by atoms with Crippen LogP contribution in [-0.2, 0) is 84.2 Å². The van der Waals surface area contributed by atoms with Crippen LogP contribution in [0.5, 0.6) is 34.5 Å². The van der Waals surface area contributed by atoms with Crippen molar-refractivity contribution in [2.75, 3.05) is 26.4 Å². The smallest absolute Gasteiger partial charge is 0.126 e. The summed E-state index contributed by atoms with van der Waals surface area (Å²) in [5, 5.41) is 0. The Bertz CT molecular complexity index is 3250. The molecule has 7 aromatic carbocycles. The van der Waals surface area contributed by atoms with E-state index in [1.807, 2.05) is 0 Å². The van der Waals surface area contributed by atoms with E-state index >= 15 is 0 Å². The molecule has 2 aliphatic rings. The monoisotopic (exact) mass is 1190 g/mol. The molecule has 470 valence electrons. The van der Waals surface area contributed by atoms with Gasteiger partial charge in [-0.25, -0.2) is 0 Å². The third kappa shape index (κ3) is 14.8. The van der Waals surface area contributed by atoms with Crippen LogP contribution in [0.1, 0.15) is 264 Å². The predicted molar refractivity (Wildman–Crippen MR) is 367 cm³/mol. The van der Waals surface area contributed by atoms with E-state index in [0.717, 1.165) is 112 Å². The zero-order valence-electron chi connectivity index (χ0n) is 58.2. The van der Waals surface area contributed by atoms with Gasteiger partial charge in [-0.15, -0.1) is 0 Å². The summed E-state index contributed by atoms with van der Waals surface area (Å²) in [6, 6.07) is 37.9. The molecule has 9 rings (SSSR count). The second kappa shape index (κ2) is 25.3. The van der Waals surface area contributed by atoms with Gasteiger partial charge < -0.3 is 28.4 Å². The van der Waals surface area contributed by atoms with Crippen LogP contribution >= 0.6 is 0 Å². The van der Waals surface area contributed by atoms with Gasteiger partial charge in [0, 0.05) is 38.5 Å². The molecule has 2 heterocycles. The fourth-order valence-corrected chi connectivity index (χ4v) is 12.7. The second-order valence-electron chi connectivity index (χ2n) is 31.4. The summed E-state index contributed by atoms with van der Waals surface area (Å²) in [5.74, 6) is 5.49. The SMILES string of the molecule is CCOc1c2cc(C(C)(C)C)cc1Cc1cc(C(C)(C)C)cc3c1OCc1cccc(c1)COc1c(cc(C(C)(C)C)cc1Cc1cc(C(C)(C)C)cc(c1OCC)Cc1cc(C(C)(C)C)cc(c1OCC)C3)Cc1cc(C(C)(C)C)cc(c1OCC)C2. The Morgan fingerprint density at radius 1 is 0.273 bits per heavy atom. The molecule has 0 radical (unpaired) electrons. The minimum atomic E-state index is -0.196. The Morgan fingerprint density at radius 2 is 0.455 bits per heavy atom. The molecule has 0 unspecified atom stereocenters. The minimum absolute atomic E-state index is 0.176. The molecular formula is C82H106O6. The highest BCUT2D eigenvalue weighted by Crippen LogP contribution is 2.47. The van der Waals surface area contributed by atoms with Crippen LogP contribution in [0.4, 0.5) is 0 Å². The van der Waals surface area contributed by atoms with Crippen molar-refractivity contribution >= 4 is 0 Å². The fourth-order valence-electron chi connectivity index (χ4n) is 12.7. The standard InChI is InChI=1S/C82H106O6/c1-23-83-71-53-31-54-38-66(78(8,9)10)42-58(72(54)84-24-2)34-63-47-70(82(20,21)22)48-64-36-60-44-68(80(14,15)16)40-56(74(60)86-26-4)32-55-39-67(79(11,12)13)43-59(73(55)85-25-3)35-62-46-69(81(17,18)19)45-61(33-57(71)41-65(37-53)77(5,6)7)75(62)87-49-51-28-27-29-52(30-51)50-88-76(63)64/h27-30,37-48H,23-26,31-36,49-50H2,1-22H3. The van der Waals surface area contributed by atoms with E-state index < -0.39 is 0 Å². The van der Waals surface area contributed by atoms with Gasteiger partial charge in [0.25, 0.3) is 0 Å². The van der Waals surface area contributed by atoms with Crippen molar-refractivity contribution in [1.29, 1.82) is 0 Å². The van der Waals surface area contributed by atoms with Crippen LogP contribution in [0.25, 0.3) is 0 Å². The van der Waals surface area contributed by atoms with Gasteiger partial charge in [0.15, 0.2) is 0 Å². The highest BCUT2D eigenvalue weighted by molar-refractivity contribution is 5.62. The molecule has 0 aliphatic carbocycles. The fraction of sp³-hybridized carbons (Fsp3) is 0.488. The molecule has 88 heavy (non-hydrogen) atoms. The van der Waals surface area contributed by atoms with Crippen molar-refractivity contribution in [3.8, 4) is 34.5 Å². The Morgan fingerprint density at radius 3 is 0.636 bits per heavy atom. The van der Waals surface area contributed by atoms with Crippen molar-refractivity contribution in [3.05, 3.63) is 208 Å². The van der Waals surface area contributed by atoms with Crippen LogP contribution in [0, 0.1) is 0 Å². The largest absolute Gasteiger partial charge is 0.493 e. The first-order valence-electron chi connectivity index (χ1n) is 33.0. The number of hydrogen-bond acceptors (Lipinski definition) is 6. The van der Waals surface area contributed by atoms with Crippen LogP contribution in [0.15, 0.2) is 97.1 Å². The van der Waals surface area contributed by atoms with Crippen molar-refractivity contribution in [2.24, 2.45) is 0 Å². The molecule has 12 bridgehead atoms. The van der Waals surface area contributed by atoms with Gasteiger partial charge in [-0.05, 0) is 178 Å². The van der Waals surface area contributed by atoms with Crippen LogP contribution in [0.3, 0.4) is 0 Å². The lowest BCUT2D eigenvalue weighted by Crippen LogP contribution is -2.18. The summed E-state index contributed by atoms with van der Waals surface area (Å²) in [5.41, 5.74) is 22.2. The predicted octanol–water partition coefficient (Wildman–Crippen LogP) is 20.4. The lowest BCUT2D eigenvalue weighted by molar-refractivity contribution is 0.293. The Labute approximate surface area is 531 Å². The van der Waals surface area contributed by atoms with Gasteiger partial charge in [0.1, 0.15) is 47.7 Å². The van der Waals surface area contributed by atoms with Crippen LogP contribution < -0.4 is 28.4 Å². The molecule has 0 fully saturated rings. The Balaban J connectivity index is 1.51. The highest BCUT2D eigenvalue weighted by atomic mass is 16.5. The van der Waals surface area contributed by atoms with Gasteiger partial charge in [-0.1, -0.05) is 216 Å². The average molecular weight is 1190 g/mol. The van der Waals surface area contributed by atoms with Crippen LogP contribution in [0.2, 0.25) is 0 Å². The van der Waals surface area contributed by atoms with E-state index in [-0.39, 0.29) is 32.5 Å². The summed E-state index contributed by atoms with van der Waals surface area (Å²) >= 11 is 0. The topological polar surface area (TPSA) is 55.4 Å². The third-order valence-electron chi connectivity index (χ3n) is 17.9. The first-order valence-corrected chi connectivity index (χ1v) is 33.0.